The fourth-order valence-corrected chi connectivity index (χ4v) is 1.96. The number of carboxylic acids is 1. The average molecular weight is 268 g/mol. The highest BCUT2D eigenvalue weighted by Gasteiger charge is 2.16. The standard InChI is InChI=1S/C12H16N2O3S/c1-12(2,3)6-9(15)14-11-13-7-8(18-11)4-5-10(16)17/h4-5,7H,6H2,1-3H3,(H,16,17)(H,13,14,15)/b5-4+. The summed E-state index contributed by atoms with van der Waals surface area (Å²) in [5, 5.41) is 11.7. The Morgan fingerprint density at radius 3 is 2.72 bits per heavy atom. The summed E-state index contributed by atoms with van der Waals surface area (Å²) in [5.74, 6) is -1.10. The molecule has 0 saturated carbocycles. The van der Waals surface area contributed by atoms with E-state index in [4.69, 9.17) is 5.11 Å². The number of anilines is 1. The van der Waals surface area contributed by atoms with E-state index in [1.54, 1.807) is 0 Å². The summed E-state index contributed by atoms with van der Waals surface area (Å²) in [6.07, 6.45) is 4.41. The van der Waals surface area contributed by atoms with E-state index in [-0.39, 0.29) is 11.3 Å². The van der Waals surface area contributed by atoms with Crippen molar-refractivity contribution in [3.63, 3.8) is 0 Å². The van der Waals surface area contributed by atoms with Gasteiger partial charge >= 0.3 is 5.97 Å². The van der Waals surface area contributed by atoms with Crippen molar-refractivity contribution in [3.8, 4) is 0 Å². The summed E-state index contributed by atoms with van der Waals surface area (Å²) >= 11 is 1.24. The molecule has 5 nitrogen and oxygen atoms in total. The molecule has 0 saturated heterocycles. The van der Waals surface area contributed by atoms with E-state index in [0.29, 0.717) is 16.4 Å². The lowest BCUT2D eigenvalue weighted by Crippen LogP contribution is -2.19. The zero-order valence-electron chi connectivity index (χ0n) is 10.6. The van der Waals surface area contributed by atoms with Crippen LogP contribution in [0.3, 0.4) is 0 Å². The minimum absolute atomic E-state index is 0.0760. The molecule has 0 aromatic carbocycles. The molecule has 1 aromatic rings. The molecule has 0 radical (unpaired) electrons. The van der Waals surface area contributed by atoms with Gasteiger partial charge in [0.05, 0.1) is 0 Å². The Morgan fingerprint density at radius 2 is 2.17 bits per heavy atom. The molecule has 1 heterocycles. The fourth-order valence-electron chi connectivity index (χ4n) is 1.22. The Labute approximate surface area is 110 Å². The van der Waals surface area contributed by atoms with Gasteiger partial charge in [-0.3, -0.25) is 4.79 Å². The van der Waals surface area contributed by atoms with E-state index in [1.165, 1.54) is 23.6 Å². The number of carbonyl (C=O) groups excluding carboxylic acids is 1. The van der Waals surface area contributed by atoms with Crippen LogP contribution in [0.5, 0.6) is 0 Å². The van der Waals surface area contributed by atoms with Gasteiger partial charge in [0.15, 0.2) is 5.13 Å². The first-order valence-electron chi connectivity index (χ1n) is 5.43. The minimum Gasteiger partial charge on any atom is -0.478 e. The normalized spacial score (nSPS) is 11.7. The Hall–Kier alpha value is -1.69. The molecule has 0 atom stereocenters. The number of hydrogen-bond donors (Lipinski definition) is 2. The number of rotatable bonds is 4. The third-order valence-corrected chi connectivity index (χ3v) is 2.73. The van der Waals surface area contributed by atoms with Crippen LogP contribution in [0.4, 0.5) is 5.13 Å². The first-order valence-corrected chi connectivity index (χ1v) is 6.24. The van der Waals surface area contributed by atoms with E-state index >= 15 is 0 Å². The van der Waals surface area contributed by atoms with Gasteiger partial charge in [-0.15, -0.1) is 0 Å². The minimum atomic E-state index is -1.01. The monoisotopic (exact) mass is 268 g/mol. The smallest absolute Gasteiger partial charge is 0.328 e. The molecule has 1 rings (SSSR count). The second-order valence-electron chi connectivity index (χ2n) is 5.02. The van der Waals surface area contributed by atoms with Crippen LogP contribution in [0, 0.1) is 5.41 Å². The van der Waals surface area contributed by atoms with Crippen molar-refractivity contribution in [2.24, 2.45) is 5.41 Å². The third-order valence-electron chi connectivity index (χ3n) is 1.85. The fraction of sp³-hybridized carbons (Fsp3) is 0.417. The number of amides is 1. The van der Waals surface area contributed by atoms with Crippen LogP contribution in [0.2, 0.25) is 0 Å². The molecule has 2 N–H and O–H groups in total. The lowest BCUT2D eigenvalue weighted by molar-refractivity contribution is -0.131. The van der Waals surface area contributed by atoms with Gasteiger partial charge in [-0.05, 0) is 11.5 Å². The van der Waals surface area contributed by atoms with E-state index in [2.05, 4.69) is 10.3 Å². The molecule has 0 spiro atoms. The second-order valence-corrected chi connectivity index (χ2v) is 6.09. The van der Waals surface area contributed by atoms with Crippen molar-refractivity contribution in [1.29, 1.82) is 0 Å². The molecule has 0 aliphatic carbocycles. The number of nitrogens with zero attached hydrogens (tertiary/aromatic N) is 1. The van der Waals surface area contributed by atoms with Gasteiger partial charge < -0.3 is 10.4 Å². The number of carbonyl (C=O) groups is 2. The van der Waals surface area contributed by atoms with Crippen LogP contribution in [0.15, 0.2) is 12.3 Å². The number of thiazole rings is 1. The van der Waals surface area contributed by atoms with Crippen LogP contribution >= 0.6 is 11.3 Å². The van der Waals surface area contributed by atoms with Crippen LogP contribution < -0.4 is 5.32 Å². The zero-order valence-corrected chi connectivity index (χ0v) is 11.4. The van der Waals surface area contributed by atoms with E-state index in [0.717, 1.165) is 6.08 Å². The molecule has 0 aliphatic heterocycles. The highest BCUT2D eigenvalue weighted by molar-refractivity contribution is 7.16. The van der Waals surface area contributed by atoms with Crippen molar-refractivity contribution in [2.75, 3.05) is 5.32 Å². The third kappa shape index (κ3) is 5.58. The highest BCUT2D eigenvalue weighted by Crippen LogP contribution is 2.22. The van der Waals surface area contributed by atoms with Gasteiger partial charge in [0.25, 0.3) is 0 Å². The van der Waals surface area contributed by atoms with Crippen LogP contribution in [0.1, 0.15) is 32.1 Å². The molecule has 18 heavy (non-hydrogen) atoms. The lowest BCUT2D eigenvalue weighted by atomic mass is 9.92. The van der Waals surface area contributed by atoms with Crippen molar-refractivity contribution in [3.05, 3.63) is 17.2 Å². The summed E-state index contributed by atoms with van der Waals surface area (Å²) in [6, 6.07) is 0. The summed E-state index contributed by atoms with van der Waals surface area (Å²) in [6.45, 7) is 5.94. The van der Waals surface area contributed by atoms with Crippen molar-refractivity contribution >= 4 is 34.4 Å². The summed E-state index contributed by atoms with van der Waals surface area (Å²) in [5.41, 5.74) is -0.0760. The quantitative estimate of drug-likeness (QED) is 0.823. The predicted molar refractivity (Wildman–Crippen MR) is 71.5 cm³/mol. The number of nitrogens with one attached hydrogen (secondary N) is 1. The summed E-state index contributed by atoms with van der Waals surface area (Å²) < 4.78 is 0. The maximum Gasteiger partial charge on any atom is 0.328 e. The number of hydrogen-bond acceptors (Lipinski definition) is 4. The van der Waals surface area contributed by atoms with Crippen LogP contribution in [-0.2, 0) is 9.59 Å². The predicted octanol–water partition coefficient (Wildman–Crippen LogP) is 2.62. The number of aliphatic carboxylic acids is 1. The first kappa shape index (κ1) is 14.4. The van der Waals surface area contributed by atoms with E-state index in [1.807, 2.05) is 20.8 Å². The molecule has 1 amide bonds. The average Bonchev–Trinajstić information content (AvgIpc) is 2.59. The molecule has 98 valence electrons. The van der Waals surface area contributed by atoms with Gasteiger partial charge in [-0.25, -0.2) is 9.78 Å². The number of carboxylic acid groups (broad SMARTS) is 1. The topological polar surface area (TPSA) is 79.3 Å². The molecule has 6 heteroatoms. The van der Waals surface area contributed by atoms with Gasteiger partial charge in [-0.2, -0.15) is 0 Å². The molecule has 0 unspecified atom stereocenters. The second kappa shape index (κ2) is 5.77. The number of aromatic nitrogens is 1. The maximum atomic E-state index is 11.6. The van der Waals surface area contributed by atoms with Gasteiger partial charge in [0, 0.05) is 23.6 Å². The molecule has 0 fully saturated rings. The largest absolute Gasteiger partial charge is 0.478 e. The Kier molecular flexibility index (Phi) is 4.61. The van der Waals surface area contributed by atoms with Gasteiger partial charge in [0.2, 0.25) is 5.91 Å². The first-order chi connectivity index (χ1) is 8.26. The van der Waals surface area contributed by atoms with E-state index in [9.17, 15) is 9.59 Å². The van der Waals surface area contributed by atoms with Gasteiger partial charge in [0.1, 0.15) is 0 Å². The molecule has 0 bridgehead atoms. The van der Waals surface area contributed by atoms with E-state index < -0.39 is 5.97 Å². The molecular formula is C12H16N2O3S. The Bertz CT molecular complexity index is 472. The molecular weight excluding hydrogens is 252 g/mol. The van der Waals surface area contributed by atoms with Crippen LogP contribution in [-0.4, -0.2) is 22.0 Å². The SMILES string of the molecule is CC(C)(C)CC(=O)Nc1ncc(/C=C/C(=O)O)s1. The van der Waals surface area contributed by atoms with Crippen molar-refractivity contribution in [2.45, 2.75) is 27.2 Å². The Balaban J connectivity index is 2.59. The summed E-state index contributed by atoms with van der Waals surface area (Å²) in [7, 11) is 0. The molecule has 1 aromatic heterocycles. The molecule has 0 aliphatic rings. The highest BCUT2D eigenvalue weighted by atomic mass is 32.1. The zero-order chi connectivity index (χ0) is 13.8. The summed E-state index contributed by atoms with van der Waals surface area (Å²) in [4.78, 5) is 26.7. The Morgan fingerprint density at radius 1 is 1.50 bits per heavy atom. The lowest BCUT2D eigenvalue weighted by Gasteiger charge is -2.16. The maximum absolute atomic E-state index is 11.6. The van der Waals surface area contributed by atoms with Gasteiger partial charge in [-0.1, -0.05) is 32.1 Å². The van der Waals surface area contributed by atoms with Crippen LogP contribution in [0.25, 0.3) is 6.08 Å². The van der Waals surface area contributed by atoms with Crippen molar-refractivity contribution < 1.29 is 14.7 Å². The van der Waals surface area contributed by atoms with Crippen molar-refractivity contribution in [1.82, 2.24) is 4.98 Å².